The zero-order valence-electron chi connectivity index (χ0n) is 12.4. The maximum absolute atomic E-state index is 10.1. The van der Waals surface area contributed by atoms with Crippen molar-refractivity contribution in [3.8, 4) is 6.07 Å². The Morgan fingerprint density at radius 2 is 1.85 bits per heavy atom. The van der Waals surface area contributed by atoms with Gasteiger partial charge in [-0.05, 0) is 29.5 Å². The van der Waals surface area contributed by atoms with E-state index in [1.165, 1.54) is 0 Å². The summed E-state index contributed by atoms with van der Waals surface area (Å²) in [6.07, 6.45) is 0.0455. The van der Waals surface area contributed by atoms with Crippen molar-refractivity contribution in [3.63, 3.8) is 0 Å². The van der Waals surface area contributed by atoms with Crippen LogP contribution in [-0.2, 0) is 6.54 Å². The summed E-state index contributed by atoms with van der Waals surface area (Å²) in [7, 11) is 0. The third-order valence-corrected chi connectivity index (χ3v) is 3.41. The average Bonchev–Trinajstić information content (AvgIpc) is 2.42. The van der Waals surface area contributed by atoms with Crippen LogP contribution in [0, 0.1) is 16.7 Å². The standard InChI is InChI=1S/C16H24N2O2/c1-16(2,3)15(20)8-14(11-19)18-10-13-6-4-12(9-17)5-7-13/h4-7,14-15,18-20H,8,10-11H2,1-3H3/t14-,15-/m1/s1. The molecule has 110 valence electrons. The maximum Gasteiger partial charge on any atom is 0.0991 e. The van der Waals surface area contributed by atoms with E-state index in [-0.39, 0.29) is 18.1 Å². The molecular weight excluding hydrogens is 252 g/mol. The Balaban J connectivity index is 2.50. The highest BCUT2D eigenvalue weighted by Crippen LogP contribution is 2.22. The van der Waals surface area contributed by atoms with Gasteiger partial charge in [-0.25, -0.2) is 0 Å². The number of nitriles is 1. The summed E-state index contributed by atoms with van der Waals surface area (Å²) >= 11 is 0. The number of hydrogen-bond acceptors (Lipinski definition) is 4. The van der Waals surface area contributed by atoms with Gasteiger partial charge in [-0.3, -0.25) is 0 Å². The Morgan fingerprint density at radius 1 is 1.25 bits per heavy atom. The Kier molecular flexibility index (Phi) is 6.15. The van der Waals surface area contributed by atoms with Crippen LogP contribution in [0.2, 0.25) is 0 Å². The van der Waals surface area contributed by atoms with Crippen LogP contribution in [0.15, 0.2) is 24.3 Å². The van der Waals surface area contributed by atoms with Crippen LogP contribution >= 0.6 is 0 Å². The maximum atomic E-state index is 10.1. The van der Waals surface area contributed by atoms with E-state index in [1.54, 1.807) is 12.1 Å². The first kappa shape index (κ1) is 16.6. The summed E-state index contributed by atoms with van der Waals surface area (Å²) in [4.78, 5) is 0. The first-order valence-electron chi connectivity index (χ1n) is 6.88. The summed E-state index contributed by atoms with van der Waals surface area (Å²) in [6.45, 7) is 6.53. The number of aliphatic hydroxyl groups is 2. The molecule has 3 N–H and O–H groups in total. The van der Waals surface area contributed by atoms with Crippen LogP contribution < -0.4 is 5.32 Å². The van der Waals surface area contributed by atoms with E-state index in [9.17, 15) is 10.2 Å². The first-order valence-corrected chi connectivity index (χ1v) is 6.88. The van der Waals surface area contributed by atoms with E-state index < -0.39 is 6.10 Å². The fourth-order valence-electron chi connectivity index (χ4n) is 1.80. The molecule has 1 rings (SSSR count). The lowest BCUT2D eigenvalue weighted by atomic mass is 9.85. The molecule has 0 aliphatic rings. The van der Waals surface area contributed by atoms with Crippen LogP contribution in [0.4, 0.5) is 0 Å². The minimum atomic E-state index is -0.465. The van der Waals surface area contributed by atoms with Crippen LogP contribution in [0.25, 0.3) is 0 Å². The van der Waals surface area contributed by atoms with Crippen molar-refractivity contribution in [2.45, 2.75) is 45.9 Å². The van der Waals surface area contributed by atoms with E-state index in [2.05, 4.69) is 11.4 Å². The van der Waals surface area contributed by atoms with E-state index in [0.29, 0.717) is 18.5 Å². The molecule has 0 unspecified atom stereocenters. The van der Waals surface area contributed by atoms with Gasteiger partial charge in [-0.15, -0.1) is 0 Å². The predicted octanol–water partition coefficient (Wildman–Crippen LogP) is 1.81. The second-order valence-corrected chi connectivity index (χ2v) is 6.19. The SMILES string of the molecule is CC(C)(C)[C@H](O)C[C@H](CO)NCc1ccc(C#N)cc1. The molecule has 4 nitrogen and oxygen atoms in total. The molecule has 0 saturated heterocycles. The highest BCUT2D eigenvalue weighted by atomic mass is 16.3. The van der Waals surface area contributed by atoms with E-state index in [4.69, 9.17) is 5.26 Å². The number of aliphatic hydroxyl groups excluding tert-OH is 2. The van der Waals surface area contributed by atoms with Crippen molar-refractivity contribution < 1.29 is 10.2 Å². The Bertz CT molecular complexity index is 443. The van der Waals surface area contributed by atoms with Crippen LogP contribution in [-0.4, -0.2) is 29.0 Å². The number of nitrogens with one attached hydrogen (secondary N) is 1. The molecule has 0 aromatic heterocycles. The van der Waals surface area contributed by atoms with Gasteiger partial charge in [0.15, 0.2) is 0 Å². The summed E-state index contributed by atoms with van der Waals surface area (Å²) in [5.74, 6) is 0. The third-order valence-electron chi connectivity index (χ3n) is 3.41. The minimum absolute atomic E-state index is 0.0105. The van der Waals surface area contributed by atoms with Crippen molar-refractivity contribution in [1.29, 1.82) is 5.26 Å². The molecule has 0 radical (unpaired) electrons. The zero-order valence-corrected chi connectivity index (χ0v) is 12.4. The minimum Gasteiger partial charge on any atom is -0.395 e. The fourth-order valence-corrected chi connectivity index (χ4v) is 1.80. The van der Waals surface area contributed by atoms with Gasteiger partial charge < -0.3 is 15.5 Å². The van der Waals surface area contributed by atoms with Crippen molar-refractivity contribution >= 4 is 0 Å². The second-order valence-electron chi connectivity index (χ2n) is 6.19. The highest BCUT2D eigenvalue weighted by Gasteiger charge is 2.25. The molecule has 20 heavy (non-hydrogen) atoms. The molecule has 0 heterocycles. The topological polar surface area (TPSA) is 76.3 Å². The van der Waals surface area contributed by atoms with Gasteiger partial charge in [0.2, 0.25) is 0 Å². The van der Waals surface area contributed by atoms with E-state index >= 15 is 0 Å². The van der Waals surface area contributed by atoms with Gasteiger partial charge in [0.1, 0.15) is 0 Å². The number of benzene rings is 1. The Morgan fingerprint density at radius 3 is 2.30 bits per heavy atom. The van der Waals surface area contributed by atoms with Crippen molar-refractivity contribution in [1.82, 2.24) is 5.32 Å². The van der Waals surface area contributed by atoms with Crippen LogP contribution in [0.5, 0.6) is 0 Å². The van der Waals surface area contributed by atoms with Gasteiger partial charge in [-0.1, -0.05) is 32.9 Å². The molecule has 0 aliphatic carbocycles. The van der Waals surface area contributed by atoms with Gasteiger partial charge in [-0.2, -0.15) is 5.26 Å². The summed E-state index contributed by atoms with van der Waals surface area (Å²) in [6, 6.07) is 9.26. The van der Waals surface area contributed by atoms with E-state index in [1.807, 2.05) is 32.9 Å². The highest BCUT2D eigenvalue weighted by molar-refractivity contribution is 5.31. The second kappa shape index (κ2) is 7.39. The first-order chi connectivity index (χ1) is 9.36. The van der Waals surface area contributed by atoms with Gasteiger partial charge >= 0.3 is 0 Å². The summed E-state index contributed by atoms with van der Waals surface area (Å²) in [5.41, 5.74) is 1.49. The van der Waals surface area contributed by atoms with Gasteiger partial charge in [0.25, 0.3) is 0 Å². The predicted molar refractivity (Wildman–Crippen MR) is 78.9 cm³/mol. The van der Waals surface area contributed by atoms with Crippen molar-refractivity contribution in [2.75, 3.05) is 6.61 Å². The fraction of sp³-hybridized carbons (Fsp3) is 0.562. The lowest BCUT2D eigenvalue weighted by molar-refractivity contribution is 0.0389. The Labute approximate surface area is 121 Å². The molecule has 2 atom stereocenters. The molecule has 1 aromatic rings. The quantitative estimate of drug-likeness (QED) is 0.740. The van der Waals surface area contributed by atoms with Crippen LogP contribution in [0.1, 0.15) is 38.3 Å². The molecule has 0 bridgehead atoms. The molecular formula is C16H24N2O2. The van der Waals surface area contributed by atoms with Crippen molar-refractivity contribution in [2.24, 2.45) is 5.41 Å². The number of hydrogen-bond donors (Lipinski definition) is 3. The largest absolute Gasteiger partial charge is 0.395 e. The Hall–Kier alpha value is -1.41. The normalized spacial score (nSPS) is 14.6. The molecule has 0 fully saturated rings. The molecule has 1 aromatic carbocycles. The number of nitrogens with zero attached hydrogens (tertiary/aromatic N) is 1. The lowest BCUT2D eigenvalue weighted by Crippen LogP contribution is -2.39. The average molecular weight is 276 g/mol. The molecule has 4 heteroatoms. The van der Waals surface area contributed by atoms with Crippen molar-refractivity contribution in [3.05, 3.63) is 35.4 Å². The zero-order chi connectivity index (χ0) is 15.2. The smallest absolute Gasteiger partial charge is 0.0991 e. The van der Waals surface area contributed by atoms with Crippen LogP contribution in [0.3, 0.4) is 0 Å². The third kappa shape index (κ3) is 5.30. The van der Waals surface area contributed by atoms with Gasteiger partial charge in [0.05, 0.1) is 24.3 Å². The van der Waals surface area contributed by atoms with E-state index in [0.717, 1.165) is 5.56 Å². The molecule has 0 amide bonds. The molecule has 0 saturated carbocycles. The molecule has 0 aliphatic heterocycles. The van der Waals surface area contributed by atoms with Gasteiger partial charge in [0, 0.05) is 12.6 Å². The monoisotopic (exact) mass is 276 g/mol. The number of rotatable bonds is 6. The summed E-state index contributed by atoms with van der Waals surface area (Å²) in [5, 5.41) is 31.4. The summed E-state index contributed by atoms with van der Waals surface area (Å²) < 4.78 is 0. The lowest BCUT2D eigenvalue weighted by Gasteiger charge is -2.29. The molecule has 0 spiro atoms.